The summed E-state index contributed by atoms with van der Waals surface area (Å²) in [7, 11) is 0. The number of benzene rings is 2. The van der Waals surface area contributed by atoms with E-state index in [-0.39, 0.29) is 41.8 Å². The molecule has 0 spiro atoms. The molecule has 14 heteroatoms. The first-order valence-electron chi connectivity index (χ1n) is 12.2. The van der Waals surface area contributed by atoms with Crippen LogP contribution in [0.25, 0.3) is 11.3 Å². The number of hydrogen-bond acceptors (Lipinski definition) is 9. The molecule has 0 radical (unpaired) electrons. The molecule has 0 saturated heterocycles. The topological polar surface area (TPSA) is 158 Å². The minimum absolute atomic E-state index is 0.0192. The van der Waals surface area contributed by atoms with Gasteiger partial charge in [-0.1, -0.05) is 24.3 Å². The molecule has 2 heterocycles. The summed E-state index contributed by atoms with van der Waals surface area (Å²) in [6.07, 6.45) is -3.62. The van der Waals surface area contributed by atoms with Gasteiger partial charge in [0.25, 0.3) is 5.91 Å². The van der Waals surface area contributed by atoms with E-state index in [9.17, 15) is 27.5 Å². The van der Waals surface area contributed by atoms with Crippen LogP contribution in [0.15, 0.2) is 67.0 Å². The number of hydrogen-bond donors (Lipinski definition) is 6. The number of alkyl halides is 3. The van der Waals surface area contributed by atoms with Crippen molar-refractivity contribution in [2.75, 3.05) is 34.8 Å². The van der Waals surface area contributed by atoms with Crippen molar-refractivity contribution in [3.05, 3.63) is 89.5 Å². The van der Waals surface area contributed by atoms with Crippen LogP contribution in [-0.4, -0.2) is 50.3 Å². The molecule has 7 N–H and O–H groups in total. The molecule has 1 atom stereocenters. The van der Waals surface area contributed by atoms with E-state index in [2.05, 4.69) is 30.9 Å². The SMILES string of the molecule is Nc1ncc(-c2ccc(CNc3ncc(C(F)(F)F)cc3C(=O)Nc3ccc(F)cc3)cc2)nc1NCC(O)CO. The number of halogens is 4. The van der Waals surface area contributed by atoms with Crippen LogP contribution in [0.4, 0.5) is 40.7 Å². The van der Waals surface area contributed by atoms with Gasteiger partial charge in [-0.3, -0.25) is 4.79 Å². The third-order valence-electron chi connectivity index (χ3n) is 5.79. The van der Waals surface area contributed by atoms with Gasteiger partial charge < -0.3 is 31.9 Å². The van der Waals surface area contributed by atoms with Crippen LogP contribution in [0.5, 0.6) is 0 Å². The number of nitrogens with zero attached hydrogens (tertiary/aromatic N) is 3. The number of pyridine rings is 1. The summed E-state index contributed by atoms with van der Waals surface area (Å²) in [6, 6.07) is 12.4. The number of nitrogens with two attached hydrogens (primary N) is 1. The fraction of sp³-hybridized carbons (Fsp3) is 0.185. The highest BCUT2D eigenvalue weighted by molar-refractivity contribution is 6.07. The number of anilines is 4. The molecule has 214 valence electrons. The molecule has 0 aliphatic rings. The first-order chi connectivity index (χ1) is 19.5. The summed E-state index contributed by atoms with van der Waals surface area (Å²) in [5.74, 6) is -1.11. The Hall–Kier alpha value is -4.82. The smallest absolute Gasteiger partial charge is 0.394 e. The van der Waals surface area contributed by atoms with Crippen LogP contribution in [0, 0.1) is 5.82 Å². The Morgan fingerprint density at radius 2 is 1.68 bits per heavy atom. The van der Waals surface area contributed by atoms with Gasteiger partial charge in [-0.15, -0.1) is 0 Å². The lowest BCUT2D eigenvalue weighted by Gasteiger charge is -2.15. The lowest BCUT2D eigenvalue weighted by Crippen LogP contribution is -2.24. The van der Waals surface area contributed by atoms with Crippen LogP contribution in [0.2, 0.25) is 0 Å². The van der Waals surface area contributed by atoms with Crippen molar-refractivity contribution in [2.24, 2.45) is 0 Å². The Morgan fingerprint density at radius 3 is 2.34 bits per heavy atom. The molecule has 0 aliphatic heterocycles. The van der Waals surface area contributed by atoms with E-state index in [1.54, 1.807) is 24.3 Å². The van der Waals surface area contributed by atoms with Gasteiger partial charge in [-0.05, 0) is 35.9 Å². The fourth-order valence-electron chi connectivity index (χ4n) is 3.59. The molecule has 1 amide bonds. The van der Waals surface area contributed by atoms with Crippen LogP contribution in [0.1, 0.15) is 21.5 Å². The zero-order valence-corrected chi connectivity index (χ0v) is 21.3. The van der Waals surface area contributed by atoms with E-state index < -0.39 is 36.2 Å². The Balaban J connectivity index is 1.50. The molecule has 4 rings (SSSR count). The molecule has 41 heavy (non-hydrogen) atoms. The molecule has 0 aliphatic carbocycles. The van der Waals surface area contributed by atoms with Gasteiger partial charge >= 0.3 is 6.18 Å². The van der Waals surface area contributed by atoms with Gasteiger partial charge in [0.2, 0.25) is 0 Å². The Bertz CT molecular complexity index is 1500. The summed E-state index contributed by atoms with van der Waals surface area (Å²) in [5, 5.41) is 26.7. The normalized spacial score (nSPS) is 12.0. The number of carbonyl (C=O) groups is 1. The average molecular weight is 572 g/mol. The second-order valence-corrected chi connectivity index (χ2v) is 8.84. The summed E-state index contributed by atoms with van der Waals surface area (Å²) in [6.45, 7) is -0.294. The zero-order chi connectivity index (χ0) is 29.6. The van der Waals surface area contributed by atoms with Gasteiger partial charge in [-0.2, -0.15) is 13.2 Å². The number of rotatable bonds is 10. The Morgan fingerprint density at radius 1 is 0.976 bits per heavy atom. The van der Waals surface area contributed by atoms with E-state index in [1.807, 2.05) is 0 Å². The molecule has 2 aromatic carbocycles. The highest BCUT2D eigenvalue weighted by Crippen LogP contribution is 2.31. The number of nitrogens with one attached hydrogen (secondary N) is 3. The summed E-state index contributed by atoms with van der Waals surface area (Å²) < 4.78 is 53.2. The third kappa shape index (κ3) is 7.64. The quantitative estimate of drug-likeness (QED) is 0.155. The van der Waals surface area contributed by atoms with Crippen LogP contribution < -0.4 is 21.7 Å². The van der Waals surface area contributed by atoms with Crippen molar-refractivity contribution >= 4 is 29.0 Å². The lowest BCUT2D eigenvalue weighted by molar-refractivity contribution is -0.137. The Labute approximate surface area is 231 Å². The maximum Gasteiger partial charge on any atom is 0.417 e. The second-order valence-electron chi connectivity index (χ2n) is 8.84. The minimum Gasteiger partial charge on any atom is -0.394 e. The standard InChI is InChI=1S/C27H25F4N7O3/c28-18-5-7-19(8-6-18)37-26(41)21-9-17(27(29,30)31)11-35-24(21)34-10-15-1-3-16(4-2-15)22-13-33-23(32)25(38-22)36-12-20(40)14-39/h1-9,11,13,20,39-40H,10,12,14H2,(H2,32,33)(H,34,35)(H,36,38)(H,37,41). The monoisotopic (exact) mass is 571 g/mol. The van der Waals surface area contributed by atoms with Gasteiger partial charge in [-0.25, -0.2) is 19.3 Å². The summed E-state index contributed by atoms with van der Waals surface area (Å²) in [4.78, 5) is 25.2. The van der Waals surface area contributed by atoms with Crippen molar-refractivity contribution in [3.8, 4) is 11.3 Å². The number of aliphatic hydroxyl groups excluding tert-OH is 2. The molecule has 2 aromatic heterocycles. The average Bonchev–Trinajstić information content (AvgIpc) is 2.96. The van der Waals surface area contributed by atoms with Gasteiger partial charge in [0.15, 0.2) is 11.6 Å². The molecule has 1 unspecified atom stereocenters. The van der Waals surface area contributed by atoms with Crippen molar-refractivity contribution in [1.29, 1.82) is 0 Å². The predicted molar refractivity (Wildman–Crippen MR) is 144 cm³/mol. The number of carbonyl (C=O) groups excluding carboxylic acids is 1. The minimum atomic E-state index is -4.72. The van der Waals surface area contributed by atoms with Crippen molar-refractivity contribution in [2.45, 2.75) is 18.8 Å². The highest BCUT2D eigenvalue weighted by Gasteiger charge is 2.32. The summed E-state index contributed by atoms with van der Waals surface area (Å²) in [5.41, 5.74) is 6.46. The molecular formula is C27H25F4N7O3. The van der Waals surface area contributed by atoms with E-state index in [0.717, 1.165) is 12.1 Å². The Kier molecular flexibility index (Phi) is 8.94. The van der Waals surface area contributed by atoms with Crippen LogP contribution in [-0.2, 0) is 12.7 Å². The molecule has 4 aromatic rings. The number of aliphatic hydroxyl groups is 2. The molecule has 0 saturated carbocycles. The third-order valence-corrected chi connectivity index (χ3v) is 5.79. The van der Waals surface area contributed by atoms with Gasteiger partial charge in [0, 0.05) is 30.5 Å². The first kappa shape index (κ1) is 29.2. The summed E-state index contributed by atoms with van der Waals surface area (Å²) >= 11 is 0. The van der Waals surface area contributed by atoms with E-state index >= 15 is 0 Å². The number of amides is 1. The molecular weight excluding hydrogens is 546 g/mol. The highest BCUT2D eigenvalue weighted by atomic mass is 19.4. The maximum absolute atomic E-state index is 13.3. The second kappa shape index (κ2) is 12.6. The molecule has 10 nitrogen and oxygen atoms in total. The molecule has 0 fully saturated rings. The van der Waals surface area contributed by atoms with Crippen LogP contribution >= 0.6 is 0 Å². The van der Waals surface area contributed by atoms with Gasteiger partial charge in [0.1, 0.15) is 11.6 Å². The van der Waals surface area contributed by atoms with Crippen molar-refractivity contribution in [1.82, 2.24) is 15.0 Å². The lowest BCUT2D eigenvalue weighted by atomic mass is 10.1. The van der Waals surface area contributed by atoms with Crippen LogP contribution in [0.3, 0.4) is 0 Å². The van der Waals surface area contributed by atoms with Crippen molar-refractivity contribution in [3.63, 3.8) is 0 Å². The van der Waals surface area contributed by atoms with E-state index in [1.165, 1.54) is 18.3 Å². The first-order valence-corrected chi connectivity index (χ1v) is 12.2. The van der Waals surface area contributed by atoms with Gasteiger partial charge in [0.05, 0.1) is 35.7 Å². The fourth-order valence-corrected chi connectivity index (χ4v) is 3.59. The maximum atomic E-state index is 13.3. The number of nitrogen functional groups attached to an aromatic ring is 1. The molecule has 0 bridgehead atoms. The number of aromatic nitrogens is 3. The van der Waals surface area contributed by atoms with E-state index in [4.69, 9.17) is 10.8 Å². The largest absolute Gasteiger partial charge is 0.417 e. The predicted octanol–water partition coefficient (Wildman–Crippen LogP) is 3.91. The van der Waals surface area contributed by atoms with Crippen molar-refractivity contribution < 1.29 is 32.6 Å². The van der Waals surface area contributed by atoms with E-state index in [0.29, 0.717) is 29.1 Å². The zero-order valence-electron chi connectivity index (χ0n) is 21.3.